The number of rotatable bonds is 5. The highest BCUT2D eigenvalue weighted by atomic mass is 16.2. The molecule has 1 amide bonds. The largest absolute Gasteiger partial charge is 0.326 e. The fraction of sp³-hybridized carbons (Fsp3) is 0.929. The van der Waals surface area contributed by atoms with Crippen LogP contribution in [0.2, 0.25) is 0 Å². The van der Waals surface area contributed by atoms with E-state index in [1.165, 1.54) is 25.7 Å². The lowest BCUT2D eigenvalue weighted by Gasteiger charge is -2.26. The molecule has 2 fully saturated rings. The fourth-order valence-corrected chi connectivity index (χ4v) is 3.04. The zero-order chi connectivity index (χ0) is 12.6. The first-order valence-corrected chi connectivity index (χ1v) is 7.05. The van der Waals surface area contributed by atoms with Crippen LogP contribution in [0.25, 0.3) is 0 Å². The Morgan fingerprint density at radius 2 is 2.12 bits per heavy atom. The van der Waals surface area contributed by atoms with Crippen LogP contribution in [0.4, 0.5) is 0 Å². The molecule has 0 bridgehead atoms. The summed E-state index contributed by atoms with van der Waals surface area (Å²) in [5.74, 6) is 0.700. The van der Waals surface area contributed by atoms with Gasteiger partial charge < -0.3 is 4.90 Å². The second-order valence-corrected chi connectivity index (χ2v) is 6.28. The van der Waals surface area contributed by atoms with Gasteiger partial charge in [-0.3, -0.25) is 10.1 Å². The van der Waals surface area contributed by atoms with E-state index in [9.17, 15) is 4.79 Å². The number of nitrogens with zero attached hydrogens (tertiary/aromatic N) is 1. The molecule has 0 aromatic rings. The summed E-state index contributed by atoms with van der Waals surface area (Å²) in [6, 6.07) is 0.0300. The smallest absolute Gasteiger partial charge is 0.241 e. The monoisotopic (exact) mass is 238 g/mol. The minimum absolute atomic E-state index is 0.0300. The molecule has 0 radical (unpaired) electrons. The first-order chi connectivity index (χ1) is 7.99. The van der Waals surface area contributed by atoms with Gasteiger partial charge in [-0.1, -0.05) is 27.2 Å². The van der Waals surface area contributed by atoms with E-state index in [4.69, 9.17) is 0 Å². The third-order valence-electron chi connectivity index (χ3n) is 4.35. The summed E-state index contributed by atoms with van der Waals surface area (Å²) in [7, 11) is 0. The molecule has 1 saturated heterocycles. The molecule has 0 spiro atoms. The Morgan fingerprint density at radius 1 is 1.47 bits per heavy atom. The van der Waals surface area contributed by atoms with E-state index < -0.39 is 0 Å². The first kappa shape index (κ1) is 12.9. The van der Waals surface area contributed by atoms with Crippen molar-refractivity contribution in [1.29, 1.82) is 0 Å². The van der Waals surface area contributed by atoms with E-state index in [-0.39, 0.29) is 12.2 Å². The van der Waals surface area contributed by atoms with Gasteiger partial charge in [-0.2, -0.15) is 0 Å². The molecule has 0 aromatic carbocycles. The molecule has 0 aromatic heterocycles. The van der Waals surface area contributed by atoms with Gasteiger partial charge >= 0.3 is 0 Å². The van der Waals surface area contributed by atoms with Gasteiger partial charge in [0.05, 0.1) is 12.2 Å². The topological polar surface area (TPSA) is 32.3 Å². The number of hydrogen-bond acceptors (Lipinski definition) is 2. The Bertz CT molecular complexity index is 297. The lowest BCUT2D eigenvalue weighted by molar-refractivity contribution is -0.131. The van der Waals surface area contributed by atoms with Crippen molar-refractivity contribution < 1.29 is 4.79 Å². The van der Waals surface area contributed by atoms with Crippen molar-refractivity contribution in [3.8, 4) is 0 Å². The summed E-state index contributed by atoms with van der Waals surface area (Å²) in [6.07, 6.45) is 5.34. The van der Waals surface area contributed by atoms with Gasteiger partial charge in [-0.05, 0) is 37.5 Å². The molecular formula is C14H26N2O. The van der Waals surface area contributed by atoms with E-state index in [0.29, 0.717) is 17.2 Å². The van der Waals surface area contributed by atoms with Crippen molar-refractivity contribution in [2.75, 3.05) is 6.54 Å². The van der Waals surface area contributed by atoms with Crippen LogP contribution >= 0.6 is 0 Å². The second-order valence-electron chi connectivity index (χ2n) is 6.28. The minimum atomic E-state index is 0.0300. The Hall–Kier alpha value is -0.570. The Kier molecular flexibility index (Phi) is 3.48. The SMILES string of the molecule is CCCC1(CN2C(=O)C(C(C)C)NC2C)CC1. The van der Waals surface area contributed by atoms with Gasteiger partial charge in [0.2, 0.25) is 5.91 Å². The average Bonchev–Trinajstić information content (AvgIpc) is 2.95. The predicted molar refractivity (Wildman–Crippen MR) is 69.5 cm³/mol. The fourth-order valence-electron chi connectivity index (χ4n) is 3.04. The summed E-state index contributed by atoms with van der Waals surface area (Å²) >= 11 is 0. The first-order valence-electron chi connectivity index (χ1n) is 7.05. The molecule has 1 saturated carbocycles. The molecule has 2 atom stereocenters. The highest BCUT2D eigenvalue weighted by molar-refractivity contribution is 5.84. The molecular weight excluding hydrogens is 212 g/mol. The van der Waals surface area contributed by atoms with Crippen LogP contribution in [-0.4, -0.2) is 29.6 Å². The maximum atomic E-state index is 12.3. The molecule has 2 aliphatic rings. The van der Waals surface area contributed by atoms with Crippen LogP contribution in [0.1, 0.15) is 53.4 Å². The van der Waals surface area contributed by atoms with Gasteiger partial charge in [-0.15, -0.1) is 0 Å². The standard InChI is InChI=1S/C14H26N2O/c1-5-6-14(7-8-14)9-16-11(4)15-12(10(2)3)13(16)17/h10-12,15H,5-9H2,1-4H3. The summed E-state index contributed by atoms with van der Waals surface area (Å²) in [4.78, 5) is 14.4. The lowest BCUT2D eigenvalue weighted by atomic mass is 9.99. The van der Waals surface area contributed by atoms with Crippen LogP contribution in [0.5, 0.6) is 0 Å². The summed E-state index contributed by atoms with van der Waals surface area (Å²) in [5.41, 5.74) is 0.465. The molecule has 1 aliphatic heterocycles. The summed E-state index contributed by atoms with van der Waals surface area (Å²) < 4.78 is 0. The van der Waals surface area contributed by atoms with Crippen LogP contribution in [0.15, 0.2) is 0 Å². The van der Waals surface area contributed by atoms with Crippen LogP contribution in [0.3, 0.4) is 0 Å². The van der Waals surface area contributed by atoms with Gasteiger partial charge in [0.15, 0.2) is 0 Å². The van der Waals surface area contributed by atoms with Crippen molar-refractivity contribution in [3.63, 3.8) is 0 Å². The van der Waals surface area contributed by atoms with E-state index >= 15 is 0 Å². The lowest BCUT2D eigenvalue weighted by Crippen LogP contribution is -2.39. The number of amides is 1. The third kappa shape index (κ3) is 2.49. The zero-order valence-electron chi connectivity index (χ0n) is 11.6. The normalized spacial score (nSPS) is 31.4. The van der Waals surface area contributed by atoms with Crippen LogP contribution in [-0.2, 0) is 4.79 Å². The molecule has 3 heteroatoms. The molecule has 1 heterocycles. The molecule has 17 heavy (non-hydrogen) atoms. The van der Waals surface area contributed by atoms with Crippen molar-refractivity contribution in [1.82, 2.24) is 10.2 Å². The summed E-state index contributed by atoms with van der Waals surface area (Å²) in [6.45, 7) is 9.55. The molecule has 2 unspecified atom stereocenters. The highest BCUT2D eigenvalue weighted by Crippen LogP contribution is 2.50. The van der Waals surface area contributed by atoms with Crippen LogP contribution < -0.4 is 5.32 Å². The van der Waals surface area contributed by atoms with Crippen LogP contribution in [0, 0.1) is 11.3 Å². The van der Waals surface area contributed by atoms with Crippen molar-refractivity contribution in [2.24, 2.45) is 11.3 Å². The molecule has 1 N–H and O–H groups in total. The number of carbonyl (C=O) groups excluding carboxylic acids is 1. The predicted octanol–water partition coefficient (Wildman–Crippen LogP) is 2.37. The third-order valence-corrected chi connectivity index (χ3v) is 4.35. The van der Waals surface area contributed by atoms with Gasteiger partial charge in [0.1, 0.15) is 0 Å². The average molecular weight is 238 g/mol. The number of nitrogens with one attached hydrogen (secondary N) is 1. The maximum absolute atomic E-state index is 12.3. The molecule has 2 rings (SSSR count). The number of hydrogen-bond donors (Lipinski definition) is 1. The minimum Gasteiger partial charge on any atom is -0.326 e. The Labute approximate surface area is 105 Å². The molecule has 1 aliphatic carbocycles. The maximum Gasteiger partial charge on any atom is 0.241 e. The van der Waals surface area contributed by atoms with E-state index in [2.05, 4.69) is 37.9 Å². The van der Waals surface area contributed by atoms with Crippen molar-refractivity contribution in [2.45, 2.75) is 65.6 Å². The Balaban J connectivity index is 1.99. The van der Waals surface area contributed by atoms with E-state index in [1.54, 1.807) is 0 Å². The van der Waals surface area contributed by atoms with E-state index in [0.717, 1.165) is 6.54 Å². The quantitative estimate of drug-likeness (QED) is 0.797. The van der Waals surface area contributed by atoms with E-state index in [1.807, 2.05) is 0 Å². The zero-order valence-corrected chi connectivity index (χ0v) is 11.6. The van der Waals surface area contributed by atoms with Gasteiger partial charge in [0, 0.05) is 6.54 Å². The van der Waals surface area contributed by atoms with Gasteiger partial charge in [0.25, 0.3) is 0 Å². The number of carbonyl (C=O) groups is 1. The highest BCUT2D eigenvalue weighted by Gasteiger charge is 2.47. The molecule has 3 nitrogen and oxygen atoms in total. The second kappa shape index (κ2) is 4.60. The van der Waals surface area contributed by atoms with Crippen molar-refractivity contribution >= 4 is 5.91 Å². The van der Waals surface area contributed by atoms with Gasteiger partial charge in [-0.25, -0.2) is 0 Å². The molecule has 98 valence electrons. The summed E-state index contributed by atoms with van der Waals surface area (Å²) in [5, 5.41) is 3.42. The van der Waals surface area contributed by atoms with Crippen molar-refractivity contribution in [3.05, 3.63) is 0 Å². The Morgan fingerprint density at radius 3 is 2.53 bits per heavy atom.